The van der Waals surface area contributed by atoms with Gasteiger partial charge in [-0.1, -0.05) is 42.1 Å². The number of hydrogen-bond acceptors (Lipinski definition) is 8. The van der Waals surface area contributed by atoms with E-state index in [2.05, 4.69) is 15.0 Å². The minimum atomic E-state index is -0.395. The van der Waals surface area contributed by atoms with Crippen molar-refractivity contribution in [1.29, 1.82) is 0 Å². The molecule has 0 atom stereocenters. The Balaban J connectivity index is 1.83. The highest BCUT2D eigenvalue weighted by Gasteiger charge is 2.11. The number of benzene rings is 2. The normalized spacial score (nSPS) is 11.2. The van der Waals surface area contributed by atoms with E-state index in [1.54, 1.807) is 0 Å². The minimum Gasteiger partial charge on any atom is -0.423 e. The van der Waals surface area contributed by atoms with Crippen molar-refractivity contribution < 1.29 is 4.42 Å². The predicted octanol–water partition coefficient (Wildman–Crippen LogP) is 2.59. The molecule has 0 aliphatic heterocycles. The zero-order chi connectivity index (χ0) is 17.4. The Morgan fingerprint density at radius 3 is 2.56 bits per heavy atom. The van der Waals surface area contributed by atoms with E-state index in [4.69, 9.17) is 15.9 Å². The Kier molecular flexibility index (Phi) is 3.73. The first-order valence-corrected chi connectivity index (χ1v) is 8.43. The molecule has 0 aliphatic rings. The third-order valence-corrected chi connectivity index (χ3v) is 4.62. The molecule has 2 heterocycles. The van der Waals surface area contributed by atoms with Crippen LogP contribution in [-0.2, 0) is 5.75 Å². The van der Waals surface area contributed by atoms with Crippen LogP contribution in [0, 0.1) is 0 Å². The van der Waals surface area contributed by atoms with E-state index < -0.39 is 5.63 Å². The molecule has 0 amide bonds. The molecular formula is C17H13N5O2S. The molecule has 4 N–H and O–H groups in total. The van der Waals surface area contributed by atoms with E-state index in [0.717, 1.165) is 21.7 Å². The maximum atomic E-state index is 11.9. The maximum Gasteiger partial charge on any atom is 0.336 e. The Labute approximate surface area is 146 Å². The number of thioether (sulfide) groups is 1. The van der Waals surface area contributed by atoms with Crippen LogP contribution in [0.1, 0.15) is 5.56 Å². The van der Waals surface area contributed by atoms with Gasteiger partial charge in [-0.3, -0.25) is 0 Å². The first kappa shape index (κ1) is 15.4. The fraction of sp³-hybridized carbons (Fsp3) is 0.0588. The van der Waals surface area contributed by atoms with E-state index in [1.807, 2.05) is 36.4 Å². The summed E-state index contributed by atoms with van der Waals surface area (Å²) < 4.78 is 5.35. The van der Waals surface area contributed by atoms with Crippen LogP contribution in [-0.4, -0.2) is 15.0 Å². The highest BCUT2D eigenvalue weighted by molar-refractivity contribution is 7.98. The van der Waals surface area contributed by atoms with Gasteiger partial charge in [-0.05, 0) is 22.4 Å². The Bertz CT molecular complexity index is 1140. The molecule has 2 aromatic carbocycles. The van der Waals surface area contributed by atoms with Gasteiger partial charge in [-0.15, -0.1) is 0 Å². The number of nitrogen functional groups attached to an aromatic ring is 2. The summed E-state index contributed by atoms with van der Waals surface area (Å²) in [4.78, 5) is 23.8. The standard InChI is InChI=1S/C17H13N5O2S/c18-15-20-16(19)22-17(21-15)25-8-10-7-13(23)24-12-6-5-9-3-1-2-4-11(9)14(10)12/h1-7H,8H2,(H4,18,19,20,21,22). The van der Waals surface area contributed by atoms with Crippen molar-refractivity contribution in [2.24, 2.45) is 0 Å². The van der Waals surface area contributed by atoms with Crippen LogP contribution in [0.3, 0.4) is 0 Å². The SMILES string of the molecule is Nc1nc(N)nc(SCc2cc(=O)oc3ccc4ccccc4c23)n1. The molecule has 8 heteroatoms. The van der Waals surface area contributed by atoms with Gasteiger partial charge in [0.2, 0.25) is 11.9 Å². The largest absolute Gasteiger partial charge is 0.423 e. The Morgan fingerprint density at radius 2 is 1.76 bits per heavy atom. The number of nitrogens with two attached hydrogens (primary N) is 2. The summed E-state index contributed by atoms with van der Waals surface area (Å²) in [6.07, 6.45) is 0. The summed E-state index contributed by atoms with van der Waals surface area (Å²) in [7, 11) is 0. The van der Waals surface area contributed by atoms with Crippen molar-refractivity contribution in [3.8, 4) is 0 Å². The molecular weight excluding hydrogens is 338 g/mol. The minimum absolute atomic E-state index is 0.0675. The number of rotatable bonds is 3. The number of fused-ring (bicyclic) bond motifs is 3. The molecule has 0 radical (unpaired) electrons. The topological polar surface area (TPSA) is 121 Å². The summed E-state index contributed by atoms with van der Waals surface area (Å²) in [5.41, 5.74) is 12.2. The van der Waals surface area contributed by atoms with Gasteiger partial charge in [0.05, 0.1) is 0 Å². The van der Waals surface area contributed by atoms with Gasteiger partial charge in [-0.2, -0.15) is 15.0 Å². The predicted molar refractivity (Wildman–Crippen MR) is 98.2 cm³/mol. The summed E-state index contributed by atoms with van der Waals surface area (Å²) >= 11 is 1.33. The van der Waals surface area contributed by atoms with Gasteiger partial charge in [0.1, 0.15) is 5.58 Å². The maximum absolute atomic E-state index is 11.9. The molecule has 7 nitrogen and oxygen atoms in total. The third kappa shape index (κ3) is 2.99. The van der Waals surface area contributed by atoms with E-state index in [0.29, 0.717) is 16.5 Å². The summed E-state index contributed by atoms with van der Waals surface area (Å²) in [6.45, 7) is 0. The molecule has 2 aromatic heterocycles. The van der Waals surface area contributed by atoms with Crippen LogP contribution >= 0.6 is 11.8 Å². The third-order valence-electron chi connectivity index (χ3n) is 3.72. The average molecular weight is 351 g/mol. The second-order valence-corrected chi connectivity index (χ2v) is 6.32. The number of anilines is 2. The molecule has 0 saturated carbocycles. The summed E-state index contributed by atoms with van der Waals surface area (Å²) in [5, 5.41) is 3.41. The highest BCUT2D eigenvalue weighted by atomic mass is 32.2. The molecule has 0 fully saturated rings. The van der Waals surface area contributed by atoms with Crippen LogP contribution < -0.4 is 17.1 Å². The lowest BCUT2D eigenvalue weighted by molar-refractivity contribution is 0.560. The second kappa shape index (κ2) is 6.06. The van der Waals surface area contributed by atoms with Crippen LogP contribution in [0.5, 0.6) is 0 Å². The van der Waals surface area contributed by atoms with E-state index in [-0.39, 0.29) is 11.9 Å². The average Bonchev–Trinajstić information content (AvgIpc) is 2.58. The second-order valence-electron chi connectivity index (χ2n) is 5.37. The highest BCUT2D eigenvalue weighted by Crippen LogP contribution is 2.30. The molecule has 4 rings (SSSR count). The van der Waals surface area contributed by atoms with Crippen molar-refractivity contribution in [3.63, 3.8) is 0 Å². The van der Waals surface area contributed by atoms with Crippen molar-refractivity contribution in [3.05, 3.63) is 58.4 Å². The summed E-state index contributed by atoms with van der Waals surface area (Å²) in [6, 6.07) is 13.2. The van der Waals surface area contributed by atoms with Gasteiger partial charge >= 0.3 is 5.63 Å². The van der Waals surface area contributed by atoms with Crippen molar-refractivity contribution in [1.82, 2.24) is 15.0 Å². The fourth-order valence-electron chi connectivity index (χ4n) is 2.73. The number of aromatic nitrogens is 3. The van der Waals surface area contributed by atoms with Gasteiger partial charge < -0.3 is 15.9 Å². The van der Waals surface area contributed by atoms with Gasteiger partial charge in [0.15, 0.2) is 5.16 Å². The lowest BCUT2D eigenvalue weighted by Gasteiger charge is -2.08. The molecule has 0 saturated heterocycles. The smallest absolute Gasteiger partial charge is 0.336 e. The molecule has 0 bridgehead atoms. The first-order chi connectivity index (χ1) is 12.1. The quantitative estimate of drug-likeness (QED) is 0.328. The molecule has 4 aromatic rings. The molecule has 0 spiro atoms. The zero-order valence-electron chi connectivity index (χ0n) is 13.0. The zero-order valence-corrected chi connectivity index (χ0v) is 13.8. The van der Waals surface area contributed by atoms with Crippen molar-refractivity contribution in [2.45, 2.75) is 10.9 Å². The van der Waals surface area contributed by atoms with E-state index >= 15 is 0 Å². The van der Waals surface area contributed by atoms with Crippen LogP contribution in [0.2, 0.25) is 0 Å². The lowest BCUT2D eigenvalue weighted by Crippen LogP contribution is -2.04. The van der Waals surface area contributed by atoms with Crippen LogP contribution in [0.25, 0.3) is 21.7 Å². The number of hydrogen-bond donors (Lipinski definition) is 2. The van der Waals surface area contributed by atoms with Gasteiger partial charge in [0.25, 0.3) is 0 Å². The number of nitrogens with zero attached hydrogens (tertiary/aromatic N) is 3. The van der Waals surface area contributed by atoms with E-state index in [9.17, 15) is 4.79 Å². The Hall–Kier alpha value is -3.13. The van der Waals surface area contributed by atoms with Gasteiger partial charge in [-0.25, -0.2) is 4.79 Å². The van der Waals surface area contributed by atoms with Crippen LogP contribution in [0.4, 0.5) is 11.9 Å². The van der Waals surface area contributed by atoms with Gasteiger partial charge in [0, 0.05) is 17.2 Å². The molecule has 124 valence electrons. The van der Waals surface area contributed by atoms with Crippen LogP contribution in [0.15, 0.2) is 56.8 Å². The Morgan fingerprint density at radius 1 is 1.00 bits per heavy atom. The van der Waals surface area contributed by atoms with Crippen molar-refractivity contribution in [2.75, 3.05) is 11.5 Å². The summed E-state index contributed by atoms with van der Waals surface area (Å²) in [5.74, 6) is 0.606. The first-order valence-electron chi connectivity index (χ1n) is 7.44. The fourth-order valence-corrected chi connectivity index (χ4v) is 3.56. The monoisotopic (exact) mass is 351 g/mol. The van der Waals surface area contributed by atoms with E-state index in [1.165, 1.54) is 17.8 Å². The lowest BCUT2D eigenvalue weighted by atomic mass is 10.0. The molecule has 25 heavy (non-hydrogen) atoms. The van der Waals surface area contributed by atoms with Crippen molar-refractivity contribution >= 4 is 45.4 Å². The molecule has 0 aliphatic carbocycles. The molecule has 0 unspecified atom stereocenters.